The lowest BCUT2D eigenvalue weighted by molar-refractivity contribution is -0.137. The van der Waals surface area contributed by atoms with E-state index in [0.717, 1.165) is 0 Å². The van der Waals surface area contributed by atoms with E-state index in [9.17, 15) is 9.18 Å². The molecule has 0 saturated carbocycles. The van der Waals surface area contributed by atoms with Gasteiger partial charge in [0.05, 0.1) is 0 Å². The Kier molecular flexibility index (Phi) is 2.73. The predicted molar refractivity (Wildman–Crippen MR) is 56.8 cm³/mol. The number of hydrogen-bond donors (Lipinski definition) is 1. The Balaban J connectivity index is 2.30. The Morgan fingerprint density at radius 2 is 2.27 bits per heavy atom. The van der Waals surface area contributed by atoms with Gasteiger partial charge in [0.2, 0.25) is 0 Å². The van der Waals surface area contributed by atoms with Crippen LogP contribution in [0.5, 0.6) is 0 Å². The lowest BCUT2D eigenvalue weighted by Gasteiger charge is -1.99. The Hall–Kier alpha value is -1.36. The highest BCUT2D eigenvalue weighted by Gasteiger charge is 2.26. The van der Waals surface area contributed by atoms with Crippen molar-refractivity contribution in [3.63, 3.8) is 0 Å². The number of hydrogen-bond acceptors (Lipinski definition) is 3. The van der Waals surface area contributed by atoms with Gasteiger partial charge in [-0.3, -0.25) is 4.99 Å². The van der Waals surface area contributed by atoms with E-state index in [1.807, 2.05) is 0 Å². The molecule has 1 aromatic carbocycles. The van der Waals surface area contributed by atoms with E-state index in [2.05, 4.69) is 4.99 Å². The molecule has 0 radical (unpaired) electrons. The minimum Gasteiger partial charge on any atom is -0.480 e. The Bertz CT molecular complexity index is 433. The second kappa shape index (κ2) is 4.02. The van der Waals surface area contributed by atoms with Gasteiger partial charge in [0.1, 0.15) is 10.9 Å². The molecule has 1 heterocycles. The summed E-state index contributed by atoms with van der Waals surface area (Å²) in [5, 5.41) is 9.21. The number of thioether (sulfide) groups is 1. The molecule has 0 amide bonds. The lowest BCUT2D eigenvalue weighted by atomic mass is 10.2. The van der Waals surface area contributed by atoms with Crippen molar-refractivity contribution in [2.24, 2.45) is 4.99 Å². The summed E-state index contributed by atoms with van der Waals surface area (Å²) >= 11 is 1.28. The molecule has 1 aliphatic heterocycles. The number of halogens is 1. The van der Waals surface area contributed by atoms with Gasteiger partial charge in [-0.25, -0.2) is 9.18 Å². The molecule has 0 fully saturated rings. The fourth-order valence-electron chi connectivity index (χ4n) is 1.28. The lowest BCUT2D eigenvalue weighted by Crippen LogP contribution is -2.17. The molecule has 5 heteroatoms. The number of carboxylic acid groups (broad SMARTS) is 1. The van der Waals surface area contributed by atoms with Crippen molar-refractivity contribution in [2.45, 2.75) is 6.04 Å². The molecular weight excluding hydrogens is 217 g/mol. The molecule has 0 saturated heterocycles. The van der Waals surface area contributed by atoms with Crippen molar-refractivity contribution >= 4 is 22.8 Å². The molecule has 0 aliphatic carbocycles. The average molecular weight is 225 g/mol. The highest BCUT2D eigenvalue weighted by atomic mass is 32.2. The molecule has 1 atom stereocenters. The molecule has 1 aromatic rings. The zero-order chi connectivity index (χ0) is 10.8. The number of carboxylic acids is 1. The van der Waals surface area contributed by atoms with Crippen LogP contribution in [0.3, 0.4) is 0 Å². The summed E-state index contributed by atoms with van der Waals surface area (Å²) in [5.41, 5.74) is 0.381. The molecule has 0 spiro atoms. The predicted octanol–water partition coefficient (Wildman–Crippen LogP) is 1.77. The second-order valence-electron chi connectivity index (χ2n) is 3.08. The summed E-state index contributed by atoms with van der Waals surface area (Å²) < 4.78 is 13.3. The SMILES string of the molecule is O=C(O)C1CSC(c2ccccc2F)=N1. The van der Waals surface area contributed by atoms with Gasteiger partial charge in [-0.15, -0.1) is 11.8 Å². The van der Waals surface area contributed by atoms with E-state index in [1.165, 1.54) is 17.8 Å². The summed E-state index contributed by atoms with van der Waals surface area (Å²) in [7, 11) is 0. The smallest absolute Gasteiger partial charge is 0.329 e. The van der Waals surface area contributed by atoms with Crippen molar-refractivity contribution in [1.29, 1.82) is 0 Å². The van der Waals surface area contributed by atoms with E-state index in [4.69, 9.17) is 5.11 Å². The van der Waals surface area contributed by atoms with Crippen molar-refractivity contribution in [1.82, 2.24) is 0 Å². The first-order chi connectivity index (χ1) is 7.18. The van der Waals surface area contributed by atoms with Crippen LogP contribution in [-0.4, -0.2) is 27.9 Å². The maximum atomic E-state index is 13.3. The molecule has 1 N–H and O–H groups in total. The molecule has 15 heavy (non-hydrogen) atoms. The number of carbonyl (C=O) groups is 1. The summed E-state index contributed by atoms with van der Waals surface area (Å²) in [4.78, 5) is 14.6. The van der Waals surface area contributed by atoms with Crippen LogP contribution < -0.4 is 0 Å². The van der Waals surface area contributed by atoms with Crippen LogP contribution in [-0.2, 0) is 4.79 Å². The normalized spacial score (nSPS) is 20.1. The van der Waals surface area contributed by atoms with E-state index in [-0.39, 0.29) is 5.82 Å². The van der Waals surface area contributed by atoms with Crippen molar-refractivity contribution in [3.05, 3.63) is 35.6 Å². The summed E-state index contributed by atoms with van der Waals surface area (Å²) in [5.74, 6) is -0.956. The van der Waals surface area contributed by atoms with Gasteiger partial charge in [-0.2, -0.15) is 0 Å². The minimum absolute atomic E-state index is 0.366. The monoisotopic (exact) mass is 225 g/mol. The van der Waals surface area contributed by atoms with Crippen molar-refractivity contribution in [2.75, 3.05) is 5.75 Å². The minimum atomic E-state index is -0.964. The fourth-order valence-corrected chi connectivity index (χ4v) is 2.34. The molecule has 1 aliphatic rings. The molecule has 0 aromatic heterocycles. The van der Waals surface area contributed by atoms with Gasteiger partial charge in [-0.1, -0.05) is 12.1 Å². The van der Waals surface area contributed by atoms with Gasteiger partial charge in [0, 0.05) is 11.3 Å². The van der Waals surface area contributed by atoms with Crippen LogP contribution in [0.2, 0.25) is 0 Å². The van der Waals surface area contributed by atoms with Crippen molar-refractivity contribution < 1.29 is 14.3 Å². The maximum absolute atomic E-state index is 13.3. The molecule has 1 unspecified atom stereocenters. The topological polar surface area (TPSA) is 49.7 Å². The maximum Gasteiger partial charge on any atom is 0.329 e. The van der Waals surface area contributed by atoms with Gasteiger partial charge in [-0.05, 0) is 12.1 Å². The first-order valence-corrected chi connectivity index (χ1v) is 5.35. The van der Waals surface area contributed by atoms with Crippen LogP contribution in [0.1, 0.15) is 5.56 Å². The van der Waals surface area contributed by atoms with E-state index >= 15 is 0 Å². The summed E-state index contributed by atoms with van der Waals surface area (Å²) in [6, 6.07) is 5.49. The van der Waals surface area contributed by atoms with Gasteiger partial charge < -0.3 is 5.11 Å². The largest absolute Gasteiger partial charge is 0.480 e. The Morgan fingerprint density at radius 1 is 1.53 bits per heavy atom. The van der Waals surface area contributed by atoms with Crippen LogP contribution in [0.15, 0.2) is 29.3 Å². The number of aliphatic carboxylic acids is 1. The fraction of sp³-hybridized carbons (Fsp3) is 0.200. The Labute approximate surface area is 90.0 Å². The highest BCUT2D eigenvalue weighted by Crippen LogP contribution is 2.24. The Morgan fingerprint density at radius 3 is 2.87 bits per heavy atom. The van der Waals surface area contributed by atoms with Crippen LogP contribution in [0.25, 0.3) is 0 Å². The zero-order valence-electron chi connectivity index (χ0n) is 7.68. The number of aliphatic imine (C=N–C) groups is 1. The van der Waals surface area contributed by atoms with E-state index in [1.54, 1.807) is 18.2 Å². The van der Waals surface area contributed by atoms with Crippen molar-refractivity contribution in [3.8, 4) is 0 Å². The molecule has 78 valence electrons. The summed E-state index contributed by atoms with van der Waals surface area (Å²) in [6.45, 7) is 0. The number of rotatable bonds is 2. The number of nitrogens with zero attached hydrogens (tertiary/aromatic N) is 1. The first kappa shape index (κ1) is 10.2. The second-order valence-corrected chi connectivity index (χ2v) is 4.09. The third-order valence-corrected chi connectivity index (χ3v) is 3.12. The third kappa shape index (κ3) is 2.02. The van der Waals surface area contributed by atoms with Gasteiger partial charge >= 0.3 is 5.97 Å². The molecule has 2 rings (SSSR count). The van der Waals surface area contributed by atoms with Gasteiger partial charge in [0.15, 0.2) is 6.04 Å². The zero-order valence-corrected chi connectivity index (χ0v) is 8.50. The van der Waals surface area contributed by atoms with E-state index < -0.39 is 12.0 Å². The molecule has 0 bridgehead atoms. The molecule has 3 nitrogen and oxygen atoms in total. The van der Waals surface area contributed by atoms with Crippen LogP contribution in [0.4, 0.5) is 4.39 Å². The molecular formula is C10H8FNO2S. The standard InChI is InChI=1S/C10H8FNO2S/c11-7-4-2-1-3-6(7)9-12-8(5-15-9)10(13)14/h1-4,8H,5H2,(H,13,14). The number of benzene rings is 1. The first-order valence-electron chi connectivity index (χ1n) is 4.37. The van der Waals surface area contributed by atoms with Gasteiger partial charge in [0.25, 0.3) is 0 Å². The van der Waals surface area contributed by atoms with Crippen LogP contribution in [0, 0.1) is 5.82 Å². The van der Waals surface area contributed by atoms with E-state index in [0.29, 0.717) is 16.4 Å². The quantitative estimate of drug-likeness (QED) is 0.834. The average Bonchev–Trinajstić information content (AvgIpc) is 2.67. The third-order valence-electron chi connectivity index (χ3n) is 2.04. The summed E-state index contributed by atoms with van der Waals surface area (Å²) in [6.07, 6.45) is 0. The van der Waals surface area contributed by atoms with Crippen LogP contribution >= 0.6 is 11.8 Å². The highest BCUT2D eigenvalue weighted by molar-refractivity contribution is 8.14.